The van der Waals surface area contributed by atoms with Crippen LogP contribution in [-0.4, -0.2) is 35.2 Å². The highest BCUT2D eigenvalue weighted by atomic mass is 16.5. The summed E-state index contributed by atoms with van der Waals surface area (Å²) in [7, 11) is 0. The number of phenols is 2. The Hall–Kier alpha value is -4.90. The minimum Gasteiger partial charge on any atom is -0.507 e. The third-order valence-corrected chi connectivity index (χ3v) is 6.69. The lowest BCUT2D eigenvalue weighted by Gasteiger charge is -2.12. The lowest BCUT2D eigenvalue weighted by atomic mass is 10.0. The fourth-order valence-electron chi connectivity index (χ4n) is 4.49. The molecule has 0 saturated heterocycles. The first-order chi connectivity index (χ1) is 19.5. The van der Waals surface area contributed by atoms with Crippen molar-refractivity contribution in [1.29, 1.82) is 0 Å². The smallest absolute Gasteiger partial charge is 0.128 e. The molecule has 1 atom stereocenters. The number of hydrogen-bond acceptors (Lipinski definition) is 5. The molecule has 5 heteroatoms. The Bertz CT molecular complexity index is 1640. The van der Waals surface area contributed by atoms with Gasteiger partial charge in [0, 0.05) is 29.6 Å². The number of aromatic hydroxyl groups is 2. The van der Waals surface area contributed by atoms with Crippen LogP contribution in [0, 0.1) is 6.92 Å². The fraction of sp³-hybridized carbons (Fsp3) is 0.143. The number of rotatable bonds is 10. The van der Waals surface area contributed by atoms with Crippen molar-refractivity contribution < 1.29 is 14.9 Å². The number of ether oxygens (including phenoxy) is 1. The van der Waals surface area contributed by atoms with E-state index in [-0.39, 0.29) is 17.5 Å². The van der Waals surface area contributed by atoms with Crippen molar-refractivity contribution in [2.45, 2.75) is 26.0 Å². The summed E-state index contributed by atoms with van der Waals surface area (Å²) in [6, 6.07) is 35.2. The molecule has 0 spiro atoms. The number of benzene rings is 5. The van der Waals surface area contributed by atoms with E-state index in [1.54, 1.807) is 30.6 Å². The van der Waals surface area contributed by atoms with E-state index in [0.29, 0.717) is 36.4 Å². The molecule has 0 bridgehead atoms. The number of aliphatic imine (C=N–C) groups is 2. The number of hydrogen-bond donors (Lipinski definition) is 2. The van der Waals surface area contributed by atoms with E-state index in [1.165, 1.54) is 10.8 Å². The molecule has 1 unspecified atom stereocenters. The second-order valence-corrected chi connectivity index (χ2v) is 9.87. The first kappa shape index (κ1) is 26.7. The van der Waals surface area contributed by atoms with Gasteiger partial charge < -0.3 is 14.9 Å². The highest BCUT2D eigenvalue weighted by Gasteiger charge is 2.10. The molecule has 0 aliphatic heterocycles. The normalized spacial score (nSPS) is 12.3. The maximum Gasteiger partial charge on any atom is 0.128 e. The Morgan fingerprint density at radius 1 is 0.700 bits per heavy atom. The van der Waals surface area contributed by atoms with Gasteiger partial charge in [0.25, 0.3) is 0 Å². The summed E-state index contributed by atoms with van der Waals surface area (Å²) < 4.78 is 5.84. The summed E-state index contributed by atoms with van der Waals surface area (Å²) in [5, 5.41) is 23.3. The minimum atomic E-state index is -0.168. The molecule has 0 radical (unpaired) electrons. The number of aryl methyl sites for hydroxylation is 1. The fourth-order valence-corrected chi connectivity index (χ4v) is 4.49. The molecule has 5 rings (SSSR count). The molecule has 0 aliphatic carbocycles. The lowest BCUT2D eigenvalue weighted by Crippen LogP contribution is -2.13. The van der Waals surface area contributed by atoms with Crippen molar-refractivity contribution in [3.05, 3.63) is 137 Å². The van der Waals surface area contributed by atoms with Gasteiger partial charge in [0.1, 0.15) is 23.9 Å². The van der Waals surface area contributed by atoms with Gasteiger partial charge in [-0.1, -0.05) is 78.9 Å². The number of nitrogens with zero attached hydrogens (tertiary/aromatic N) is 2. The quantitative estimate of drug-likeness (QED) is 0.187. The van der Waals surface area contributed by atoms with Crippen molar-refractivity contribution in [2.24, 2.45) is 9.98 Å². The van der Waals surface area contributed by atoms with Crippen LogP contribution >= 0.6 is 0 Å². The minimum absolute atomic E-state index is 0.104. The molecule has 2 N–H and O–H groups in total. The van der Waals surface area contributed by atoms with Crippen LogP contribution in [0.1, 0.15) is 27.8 Å². The third kappa shape index (κ3) is 7.14. The average Bonchev–Trinajstić information content (AvgIpc) is 2.97. The second-order valence-electron chi connectivity index (χ2n) is 9.87. The Morgan fingerprint density at radius 2 is 1.43 bits per heavy atom. The zero-order valence-electron chi connectivity index (χ0n) is 22.4. The predicted octanol–water partition coefficient (Wildman–Crippen LogP) is 7.29. The van der Waals surface area contributed by atoms with Crippen LogP contribution in [-0.2, 0) is 13.0 Å². The molecule has 0 aromatic heterocycles. The summed E-state index contributed by atoms with van der Waals surface area (Å²) in [5.74, 6) is 0.901. The number of fused-ring (bicyclic) bond motifs is 1. The summed E-state index contributed by atoms with van der Waals surface area (Å²) in [5.41, 5.74) is 4.48. The van der Waals surface area contributed by atoms with Crippen LogP contribution in [0.15, 0.2) is 119 Å². The largest absolute Gasteiger partial charge is 0.507 e. The Kier molecular flexibility index (Phi) is 8.52. The molecule has 200 valence electrons. The van der Waals surface area contributed by atoms with Gasteiger partial charge in [-0.05, 0) is 65.1 Å². The van der Waals surface area contributed by atoms with E-state index < -0.39 is 0 Å². The molecule has 0 amide bonds. The monoisotopic (exact) mass is 528 g/mol. The van der Waals surface area contributed by atoms with Gasteiger partial charge in [0.05, 0.1) is 12.6 Å². The molecule has 5 aromatic carbocycles. The van der Waals surface area contributed by atoms with Crippen LogP contribution in [0.5, 0.6) is 17.2 Å². The van der Waals surface area contributed by atoms with E-state index in [9.17, 15) is 10.2 Å². The Labute approximate surface area is 234 Å². The van der Waals surface area contributed by atoms with Crippen LogP contribution in [0.2, 0.25) is 0 Å². The van der Waals surface area contributed by atoms with Gasteiger partial charge in [-0.3, -0.25) is 9.98 Å². The summed E-state index contributed by atoms with van der Waals surface area (Å²) in [6.45, 7) is 2.79. The molecule has 5 aromatic rings. The number of phenolic OH excluding ortho intramolecular Hbond substituents is 2. The SMILES string of the molecule is Cc1ccc(C=NCC(Cc2ccc3ccccc3c2)N=Cc2ccc(OCc3ccccc3)cc2O)c(O)c1. The summed E-state index contributed by atoms with van der Waals surface area (Å²) in [6.07, 6.45) is 4.06. The summed E-state index contributed by atoms with van der Waals surface area (Å²) in [4.78, 5) is 9.43. The summed E-state index contributed by atoms with van der Waals surface area (Å²) >= 11 is 0. The van der Waals surface area contributed by atoms with E-state index in [2.05, 4.69) is 35.3 Å². The Morgan fingerprint density at radius 3 is 2.23 bits per heavy atom. The third-order valence-electron chi connectivity index (χ3n) is 6.69. The zero-order valence-corrected chi connectivity index (χ0v) is 22.4. The van der Waals surface area contributed by atoms with Crippen molar-refractivity contribution in [1.82, 2.24) is 0 Å². The first-order valence-electron chi connectivity index (χ1n) is 13.3. The lowest BCUT2D eigenvalue weighted by molar-refractivity contribution is 0.304. The Balaban J connectivity index is 1.32. The zero-order chi connectivity index (χ0) is 27.7. The van der Waals surface area contributed by atoms with Gasteiger partial charge in [0.15, 0.2) is 0 Å². The second kappa shape index (κ2) is 12.8. The molecule has 0 saturated carbocycles. The molecule has 0 aliphatic rings. The van der Waals surface area contributed by atoms with Crippen LogP contribution in [0.4, 0.5) is 0 Å². The van der Waals surface area contributed by atoms with Gasteiger partial charge in [-0.25, -0.2) is 0 Å². The maximum atomic E-state index is 10.7. The van der Waals surface area contributed by atoms with Crippen LogP contribution in [0.25, 0.3) is 10.8 Å². The molecular formula is C35H32N2O3. The molecule has 40 heavy (non-hydrogen) atoms. The van der Waals surface area contributed by atoms with Gasteiger partial charge in [0.2, 0.25) is 0 Å². The maximum absolute atomic E-state index is 10.7. The molecule has 5 nitrogen and oxygen atoms in total. The van der Waals surface area contributed by atoms with Crippen molar-refractivity contribution >= 4 is 23.2 Å². The molecule has 0 fully saturated rings. The average molecular weight is 529 g/mol. The van der Waals surface area contributed by atoms with E-state index in [1.807, 2.05) is 67.6 Å². The van der Waals surface area contributed by atoms with Gasteiger partial charge in [-0.15, -0.1) is 0 Å². The van der Waals surface area contributed by atoms with E-state index >= 15 is 0 Å². The van der Waals surface area contributed by atoms with Crippen molar-refractivity contribution in [3.63, 3.8) is 0 Å². The predicted molar refractivity (Wildman–Crippen MR) is 163 cm³/mol. The van der Waals surface area contributed by atoms with E-state index in [4.69, 9.17) is 9.73 Å². The first-order valence-corrected chi connectivity index (χ1v) is 13.3. The molecule has 0 heterocycles. The van der Waals surface area contributed by atoms with E-state index in [0.717, 1.165) is 16.7 Å². The van der Waals surface area contributed by atoms with Crippen LogP contribution in [0.3, 0.4) is 0 Å². The van der Waals surface area contributed by atoms with Gasteiger partial charge in [-0.2, -0.15) is 0 Å². The van der Waals surface area contributed by atoms with Crippen molar-refractivity contribution in [2.75, 3.05) is 6.54 Å². The van der Waals surface area contributed by atoms with Crippen LogP contribution < -0.4 is 4.74 Å². The van der Waals surface area contributed by atoms with Gasteiger partial charge >= 0.3 is 0 Å². The standard InChI is InChI=1S/C35H32N2O3/c1-25-11-13-30(34(38)17-25)21-36-23-32(19-27-12-14-28-9-5-6-10-29(28)18-27)37-22-31-15-16-33(20-35(31)39)40-24-26-7-3-2-4-8-26/h2-18,20-22,32,38-39H,19,23-24H2,1H3. The topological polar surface area (TPSA) is 74.4 Å². The highest BCUT2D eigenvalue weighted by molar-refractivity contribution is 5.85. The van der Waals surface area contributed by atoms with Crippen molar-refractivity contribution in [3.8, 4) is 17.2 Å². The highest BCUT2D eigenvalue weighted by Crippen LogP contribution is 2.24. The molecular weight excluding hydrogens is 496 g/mol.